The third-order valence-electron chi connectivity index (χ3n) is 2.45. The molecule has 17 heavy (non-hydrogen) atoms. The monoisotopic (exact) mass is 238 g/mol. The van der Waals surface area contributed by atoms with E-state index in [1.54, 1.807) is 0 Å². The van der Waals surface area contributed by atoms with Crippen LogP contribution in [0.4, 0.5) is 0 Å². The normalized spacial score (nSPS) is 19.7. The van der Waals surface area contributed by atoms with Crippen LogP contribution in [0.5, 0.6) is 11.5 Å². The van der Waals surface area contributed by atoms with E-state index >= 15 is 0 Å². The molecule has 1 heterocycles. The van der Waals surface area contributed by atoms with E-state index in [4.69, 9.17) is 19.3 Å². The molecule has 0 spiro atoms. The fourth-order valence-corrected chi connectivity index (χ4v) is 1.47. The number of carboxylic acids is 1. The van der Waals surface area contributed by atoms with E-state index in [9.17, 15) is 4.79 Å². The van der Waals surface area contributed by atoms with Crippen LogP contribution in [0.3, 0.4) is 0 Å². The molecule has 2 unspecified atom stereocenters. The molecule has 2 atom stereocenters. The van der Waals surface area contributed by atoms with Gasteiger partial charge in [-0.05, 0) is 19.1 Å². The molecule has 0 radical (unpaired) electrons. The number of ether oxygens (including phenoxy) is 3. The fourth-order valence-electron chi connectivity index (χ4n) is 1.47. The molecule has 0 saturated carbocycles. The van der Waals surface area contributed by atoms with Gasteiger partial charge in [0.15, 0.2) is 23.7 Å². The van der Waals surface area contributed by atoms with Gasteiger partial charge in [-0.3, -0.25) is 0 Å². The van der Waals surface area contributed by atoms with E-state index < -0.39 is 12.1 Å². The maximum absolute atomic E-state index is 10.6. The van der Waals surface area contributed by atoms with Gasteiger partial charge in [0.05, 0.1) is 6.61 Å². The number of benzene rings is 1. The highest BCUT2D eigenvalue weighted by Crippen LogP contribution is 2.30. The Labute approximate surface area is 98.9 Å². The van der Waals surface area contributed by atoms with Crippen LogP contribution in [0.1, 0.15) is 6.92 Å². The minimum Gasteiger partial charge on any atom is -0.486 e. The molecule has 0 aromatic heterocycles. The zero-order valence-electron chi connectivity index (χ0n) is 9.46. The van der Waals surface area contributed by atoms with Crippen LogP contribution < -0.4 is 9.47 Å². The molecule has 0 bridgehead atoms. The van der Waals surface area contributed by atoms with Gasteiger partial charge in [-0.25, -0.2) is 4.79 Å². The fraction of sp³-hybridized carbons (Fsp3) is 0.417. The summed E-state index contributed by atoms with van der Waals surface area (Å²) in [5, 5.41) is 8.67. The first kappa shape index (κ1) is 11.7. The van der Waals surface area contributed by atoms with Crippen LogP contribution in [0.2, 0.25) is 0 Å². The molecule has 0 amide bonds. The summed E-state index contributed by atoms with van der Waals surface area (Å²) in [6.45, 7) is 2.05. The maximum Gasteiger partial charge on any atom is 0.332 e. The molecule has 1 aliphatic heterocycles. The van der Waals surface area contributed by atoms with Gasteiger partial charge >= 0.3 is 5.97 Å². The molecule has 1 aliphatic rings. The Morgan fingerprint density at radius 2 is 2.24 bits per heavy atom. The Hall–Kier alpha value is -1.75. The highest BCUT2D eigenvalue weighted by atomic mass is 16.6. The van der Waals surface area contributed by atoms with Gasteiger partial charge in [0, 0.05) is 0 Å². The maximum atomic E-state index is 10.6. The zero-order valence-corrected chi connectivity index (χ0v) is 9.46. The van der Waals surface area contributed by atoms with Crippen molar-refractivity contribution in [3.05, 3.63) is 24.3 Å². The number of carbonyl (C=O) groups is 1. The van der Waals surface area contributed by atoms with Crippen molar-refractivity contribution in [3.8, 4) is 11.5 Å². The second-order valence-electron chi connectivity index (χ2n) is 3.81. The zero-order chi connectivity index (χ0) is 12.3. The molecule has 92 valence electrons. The van der Waals surface area contributed by atoms with Crippen molar-refractivity contribution < 1.29 is 24.1 Å². The van der Waals surface area contributed by atoms with E-state index in [1.807, 2.05) is 24.3 Å². The van der Waals surface area contributed by atoms with Crippen molar-refractivity contribution in [1.82, 2.24) is 0 Å². The molecule has 5 heteroatoms. The summed E-state index contributed by atoms with van der Waals surface area (Å²) in [7, 11) is 0. The lowest BCUT2D eigenvalue weighted by molar-refractivity contribution is -0.151. The molecule has 1 aromatic rings. The standard InChI is InChI=1S/C12H14O5/c1-8(12(13)14)15-6-9-7-16-10-4-2-3-5-11(10)17-9/h2-5,8-9H,6-7H2,1H3,(H,13,14). The topological polar surface area (TPSA) is 65.0 Å². The van der Waals surface area contributed by atoms with Gasteiger partial charge in [-0.15, -0.1) is 0 Å². The first-order chi connectivity index (χ1) is 8.16. The number of aliphatic carboxylic acids is 1. The summed E-state index contributed by atoms with van der Waals surface area (Å²) in [5.41, 5.74) is 0. The van der Waals surface area contributed by atoms with E-state index in [0.717, 1.165) is 0 Å². The van der Waals surface area contributed by atoms with Gasteiger partial charge < -0.3 is 19.3 Å². The number of para-hydroxylation sites is 2. The van der Waals surface area contributed by atoms with Crippen molar-refractivity contribution in [2.75, 3.05) is 13.2 Å². The smallest absolute Gasteiger partial charge is 0.332 e. The second-order valence-corrected chi connectivity index (χ2v) is 3.81. The lowest BCUT2D eigenvalue weighted by Gasteiger charge is -2.26. The Balaban J connectivity index is 1.88. The number of carboxylic acid groups (broad SMARTS) is 1. The summed E-state index contributed by atoms with van der Waals surface area (Å²) in [5.74, 6) is 0.382. The first-order valence-corrected chi connectivity index (χ1v) is 5.39. The molecule has 5 nitrogen and oxygen atoms in total. The number of hydrogen-bond acceptors (Lipinski definition) is 4. The van der Waals surface area contributed by atoms with Crippen LogP contribution in [0, 0.1) is 0 Å². The lowest BCUT2D eigenvalue weighted by atomic mass is 10.2. The van der Waals surface area contributed by atoms with Crippen LogP contribution >= 0.6 is 0 Å². The average molecular weight is 238 g/mol. The van der Waals surface area contributed by atoms with Crippen LogP contribution in [0.15, 0.2) is 24.3 Å². The second kappa shape index (κ2) is 5.05. The molecule has 1 aromatic carbocycles. The van der Waals surface area contributed by atoms with Crippen molar-refractivity contribution >= 4 is 5.97 Å². The molecular weight excluding hydrogens is 224 g/mol. The Morgan fingerprint density at radius 1 is 1.53 bits per heavy atom. The third kappa shape index (κ3) is 2.88. The number of fused-ring (bicyclic) bond motifs is 1. The first-order valence-electron chi connectivity index (χ1n) is 5.39. The molecule has 0 fully saturated rings. The molecule has 0 saturated heterocycles. The van der Waals surface area contributed by atoms with Gasteiger partial charge in [-0.2, -0.15) is 0 Å². The van der Waals surface area contributed by atoms with E-state index in [2.05, 4.69) is 0 Å². The summed E-state index contributed by atoms with van der Waals surface area (Å²) in [4.78, 5) is 10.6. The van der Waals surface area contributed by atoms with E-state index in [0.29, 0.717) is 18.1 Å². The molecule has 0 aliphatic carbocycles. The minimum atomic E-state index is -0.984. The van der Waals surface area contributed by atoms with Gasteiger partial charge in [0.1, 0.15) is 6.61 Å². The predicted octanol–water partition coefficient (Wildman–Crippen LogP) is 1.32. The third-order valence-corrected chi connectivity index (χ3v) is 2.45. The summed E-state index contributed by atoms with van der Waals surface area (Å²) in [6.07, 6.45) is -1.11. The SMILES string of the molecule is CC(OCC1COc2ccccc2O1)C(=O)O. The largest absolute Gasteiger partial charge is 0.486 e. The van der Waals surface area contributed by atoms with Gasteiger partial charge in [0.25, 0.3) is 0 Å². The molecule has 1 N–H and O–H groups in total. The van der Waals surface area contributed by atoms with Crippen molar-refractivity contribution in [2.45, 2.75) is 19.1 Å². The molecular formula is C12H14O5. The van der Waals surface area contributed by atoms with Crippen LogP contribution in [0.25, 0.3) is 0 Å². The lowest BCUT2D eigenvalue weighted by Crippen LogP contribution is -2.35. The Morgan fingerprint density at radius 3 is 2.94 bits per heavy atom. The summed E-state index contributed by atoms with van der Waals surface area (Å²) in [6, 6.07) is 7.35. The minimum absolute atomic E-state index is 0.196. The highest BCUT2D eigenvalue weighted by Gasteiger charge is 2.22. The highest BCUT2D eigenvalue weighted by molar-refractivity contribution is 5.71. The van der Waals surface area contributed by atoms with Crippen molar-refractivity contribution in [2.24, 2.45) is 0 Å². The van der Waals surface area contributed by atoms with Crippen LogP contribution in [-0.2, 0) is 9.53 Å². The van der Waals surface area contributed by atoms with Crippen molar-refractivity contribution in [3.63, 3.8) is 0 Å². The van der Waals surface area contributed by atoms with Crippen molar-refractivity contribution in [1.29, 1.82) is 0 Å². The van der Waals surface area contributed by atoms with Gasteiger partial charge in [0.2, 0.25) is 0 Å². The summed E-state index contributed by atoms with van der Waals surface area (Å²) < 4.78 is 16.2. The van der Waals surface area contributed by atoms with E-state index in [-0.39, 0.29) is 12.7 Å². The number of hydrogen-bond donors (Lipinski definition) is 1. The average Bonchev–Trinajstić information content (AvgIpc) is 2.35. The van der Waals surface area contributed by atoms with E-state index in [1.165, 1.54) is 6.92 Å². The van der Waals surface area contributed by atoms with Gasteiger partial charge in [-0.1, -0.05) is 12.1 Å². The Bertz CT molecular complexity index is 404. The quantitative estimate of drug-likeness (QED) is 0.856. The Kier molecular flexibility index (Phi) is 3.49. The number of rotatable bonds is 4. The summed E-state index contributed by atoms with van der Waals surface area (Å²) >= 11 is 0. The predicted molar refractivity (Wildman–Crippen MR) is 59.4 cm³/mol. The van der Waals surface area contributed by atoms with Crippen LogP contribution in [-0.4, -0.2) is 36.5 Å². The molecule has 2 rings (SSSR count).